The van der Waals surface area contributed by atoms with E-state index in [1.54, 1.807) is 0 Å². The molecule has 0 bridgehead atoms. The van der Waals surface area contributed by atoms with Crippen LogP contribution in [0.5, 0.6) is 0 Å². The molecule has 1 aromatic heterocycles. The predicted molar refractivity (Wildman–Crippen MR) is 132 cm³/mol. The first-order valence-electron chi connectivity index (χ1n) is 10.4. The van der Waals surface area contributed by atoms with Gasteiger partial charge in [0.05, 0.1) is 16.1 Å². The van der Waals surface area contributed by atoms with Crippen molar-refractivity contribution in [1.82, 2.24) is 0 Å². The lowest BCUT2D eigenvalue weighted by Crippen LogP contribution is -2.29. The third-order valence-electron chi connectivity index (χ3n) is 5.83. The van der Waals surface area contributed by atoms with E-state index in [0.29, 0.717) is 5.92 Å². The molecule has 4 aromatic rings. The number of aromatic nitrogens is 1. The van der Waals surface area contributed by atoms with Crippen molar-refractivity contribution in [2.24, 2.45) is 13.0 Å². The van der Waals surface area contributed by atoms with Crippen molar-refractivity contribution in [2.75, 3.05) is 11.9 Å². The maximum Gasteiger partial charge on any atom is 0.262 e. The van der Waals surface area contributed by atoms with Crippen molar-refractivity contribution in [2.45, 2.75) is 18.2 Å². The quantitative estimate of drug-likeness (QED) is 0.322. The highest BCUT2D eigenvalue weighted by Crippen LogP contribution is 2.45. The number of fused-ring (bicyclic) bond motifs is 4. The van der Waals surface area contributed by atoms with E-state index in [1.165, 1.54) is 41.6 Å². The van der Waals surface area contributed by atoms with E-state index in [2.05, 4.69) is 109 Å². The largest absolute Gasteiger partial charge is 0.338 e. The molecule has 4 heteroatoms. The van der Waals surface area contributed by atoms with E-state index in [-0.39, 0.29) is 0 Å². The Labute approximate surface area is 186 Å². The molecule has 2 heterocycles. The number of hydrogen-bond acceptors (Lipinski definition) is 3. The summed E-state index contributed by atoms with van der Waals surface area (Å²) in [4.78, 5) is 3.65. The van der Waals surface area contributed by atoms with Crippen LogP contribution < -0.4 is 9.47 Å². The van der Waals surface area contributed by atoms with Crippen molar-refractivity contribution in [1.29, 1.82) is 0 Å². The van der Waals surface area contributed by atoms with Crippen LogP contribution in [-0.2, 0) is 7.05 Å². The van der Waals surface area contributed by atoms with Gasteiger partial charge >= 0.3 is 0 Å². The number of thiazole rings is 1. The summed E-state index contributed by atoms with van der Waals surface area (Å²) in [6.07, 6.45) is 8.15. The second kappa shape index (κ2) is 7.93. The monoisotopic (exact) mass is 429 g/mol. The standard InChI is InChI=1S/C26H25N2S2/c1-4-18(17-25-27(2)21-11-7-8-12-22(21)29-25)13-16-24-28(3)26-20-10-6-5-9-19(20)14-15-23(26)30-24/h5-18H,4H2,1-3H3/q+1/b16-13+,25-17-. The van der Waals surface area contributed by atoms with Crippen LogP contribution in [0.4, 0.5) is 5.69 Å². The Balaban J connectivity index is 1.46. The molecule has 5 rings (SSSR count). The summed E-state index contributed by atoms with van der Waals surface area (Å²) in [6, 6.07) is 21.8. The molecule has 3 aromatic carbocycles. The molecule has 1 aliphatic rings. The van der Waals surface area contributed by atoms with Gasteiger partial charge in [-0.15, -0.1) is 0 Å². The Hall–Kier alpha value is -2.56. The molecule has 30 heavy (non-hydrogen) atoms. The molecule has 2 nitrogen and oxygen atoms in total. The smallest absolute Gasteiger partial charge is 0.262 e. The van der Waals surface area contributed by atoms with E-state index in [0.717, 1.165) is 6.42 Å². The molecule has 1 unspecified atom stereocenters. The van der Waals surface area contributed by atoms with Gasteiger partial charge in [0.25, 0.3) is 5.01 Å². The van der Waals surface area contributed by atoms with Gasteiger partial charge < -0.3 is 4.90 Å². The lowest BCUT2D eigenvalue weighted by atomic mass is 10.1. The zero-order valence-electron chi connectivity index (χ0n) is 17.5. The highest BCUT2D eigenvalue weighted by Gasteiger charge is 2.22. The number of aryl methyl sites for hydroxylation is 1. The molecular formula is C26H25N2S2+. The Morgan fingerprint density at radius 2 is 1.83 bits per heavy atom. The van der Waals surface area contributed by atoms with Gasteiger partial charge in [-0.2, -0.15) is 4.57 Å². The number of rotatable bonds is 4. The maximum atomic E-state index is 2.41. The van der Waals surface area contributed by atoms with E-state index < -0.39 is 0 Å². The van der Waals surface area contributed by atoms with E-state index >= 15 is 0 Å². The average molecular weight is 430 g/mol. The van der Waals surface area contributed by atoms with Gasteiger partial charge in [0.2, 0.25) is 5.52 Å². The number of anilines is 1. The fourth-order valence-electron chi connectivity index (χ4n) is 4.07. The van der Waals surface area contributed by atoms with Crippen LogP contribution in [0.15, 0.2) is 82.7 Å². The van der Waals surface area contributed by atoms with Crippen LogP contribution in [-0.4, -0.2) is 7.05 Å². The van der Waals surface area contributed by atoms with Gasteiger partial charge in [-0.3, -0.25) is 0 Å². The van der Waals surface area contributed by atoms with Crippen LogP contribution >= 0.6 is 23.1 Å². The van der Waals surface area contributed by atoms with E-state index in [1.807, 2.05) is 23.1 Å². The minimum Gasteiger partial charge on any atom is -0.338 e. The van der Waals surface area contributed by atoms with Crippen molar-refractivity contribution < 1.29 is 4.57 Å². The molecule has 0 amide bonds. The van der Waals surface area contributed by atoms with Crippen LogP contribution in [0.25, 0.3) is 27.1 Å². The lowest BCUT2D eigenvalue weighted by Gasteiger charge is -2.15. The molecule has 1 aliphatic heterocycles. The first-order chi connectivity index (χ1) is 14.7. The molecule has 0 fully saturated rings. The van der Waals surface area contributed by atoms with Crippen molar-refractivity contribution >= 4 is 55.9 Å². The number of benzene rings is 3. The number of allylic oxidation sites excluding steroid dienone is 2. The molecular weight excluding hydrogens is 404 g/mol. The van der Waals surface area contributed by atoms with Gasteiger partial charge in [-0.05, 0) is 48.1 Å². The molecule has 150 valence electrons. The van der Waals surface area contributed by atoms with E-state index in [4.69, 9.17) is 0 Å². The number of para-hydroxylation sites is 1. The molecule has 0 saturated carbocycles. The molecule has 0 saturated heterocycles. The van der Waals surface area contributed by atoms with Crippen LogP contribution in [0.1, 0.15) is 18.4 Å². The minimum atomic E-state index is 0.409. The van der Waals surface area contributed by atoms with Crippen LogP contribution in [0.2, 0.25) is 0 Å². The summed E-state index contributed by atoms with van der Waals surface area (Å²) < 4.78 is 3.68. The van der Waals surface area contributed by atoms with Gasteiger partial charge in [-0.25, -0.2) is 0 Å². The van der Waals surface area contributed by atoms with E-state index in [9.17, 15) is 0 Å². The predicted octanol–water partition coefficient (Wildman–Crippen LogP) is 7.00. The fraction of sp³-hybridized carbons (Fsp3) is 0.192. The zero-order valence-corrected chi connectivity index (χ0v) is 19.1. The Kier molecular flexibility index (Phi) is 5.13. The lowest BCUT2D eigenvalue weighted by molar-refractivity contribution is -0.641. The number of hydrogen-bond donors (Lipinski definition) is 0. The summed E-state index contributed by atoms with van der Waals surface area (Å²) in [6.45, 7) is 2.26. The number of nitrogens with zero attached hydrogens (tertiary/aromatic N) is 2. The fourth-order valence-corrected chi connectivity index (χ4v) is 6.30. The maximum absolute atomic E-state index is 2.41. The van der Waals surface area contributed by atoms with Gasteiger partial charge in [0.15, 0.2) is 0 Å². The summed E-state index contributed by atoms with van der Waals surface area (Å²) in [5.41, 5.74) is 2.63. The molecule has 0 radical (unpaired) electrons. The average Bonchev–Trinajstić information content (AvgIpc) is 3.28. The molecule has 0 N–H and O–H groups in total. The first-order valence-corrected chi connectivity index (χ1v) is 12.0. The Bertz CT molecular complexity index is 1300. The van der Waals surface area contributed by atoms with Crippen molar-refractivity contribution in [3.05, 3.63) is 82.9 Å². The summed E-state index contributed by atoms with van der Waals surface area (Å²) in [5, 5.41) is 5.23. The SMILES string of the molecule is CCC(/C=C1\Sc2ccccc2N1C)/C=C/c1sc2ccc3ccccc3c2[n+]1C. The molecule has 0 spiro atoms. The van der Waals surface area contributed by atoms with Crippen molar-refractivity contribution in [3.63, 3.8) is 0 Å². The molecule has 0 aliphatic carbocycles. The topological polar surface area (TPSA) is 7.12 Å². The third-order valence-corrected chi connectivity index (χ3v) is 8.18. The zero-order chi connectivity index (χ0) is 20.7. The number of thioether (sulfide) groups is 1. The Morgan fingerprint density at radius 1 is 1.03 bits per heavy atom. The summed E-state index contributed by atoms with van der Waals surface area (Å²) >= 11 is 3.73. The van der Waals surface area contributed by atoms with Gasteiger partial charge in [-0.1, -0.05) is 72.5 Å². The highest BCUT2D eigenvalue weighted by molar-refractivity contribution is 8.03. The second-order valence-electron chi connectivity index (χ2n) is 7.70. The molecule has 1 atom stereocenters. The highest BCUT2D eigenvalue weighted by atomic mass is 32.2. The van der Waals surface area contributed by atoms with Crippen LogP contribution in [0.3, 0.4) is 0 Å². The van der Waals surface area contributed by atoms with Gasteiger partial charge in [0.1, 0.15) is 11.7 Å². The third kappa shape index (κ3) is 3.34. The minimum absolute atomic E-state index is 0.409. The normalized spacial score (nSPS) is 16.2. The summed E-state index contributed by atoms with van der Waals surface area (Å²) in [5.74, 6) is 0.409. The van der Waals surface area contributed by atoms with Crippen LogP contribution in [0, 0.1) is 5.92 Å². The Morgan fingerprint density at radius 3 is 2.67 bits per heavy atom. The second-order valence-corrected chi connectivity index (χ2v) is 9.82. The first kappa shape index (κ1) is 19.4. The van der Waals surface area contributed by atoms with Crippen molar-refractivity contribution in [3.8, 4) is 0 Å². The summed E-state index contributed by atoms with van der Waals surface area (Å²) in [7, 11) is 4.35. The van der Waals surface area contributed by atoms with Gasteiger partial charge in [0, 0.05) is 18.0 Å².